The second-order valence-electron chi connectivity index (χ2n) is 11.1. The number of fused-ring (bicyclic) bond motifs is 12. The lowest BCUT2D eigenvalue weighted by atomic mass is 10.0. The third-order valence-electron chi connectivity index (χ3n) is 8.58. The maximum Gasteiger partial charge on any atom is 0.160 e. The van der Waals surface area contributed by atoms with E-state index < -0.39 is 0 Å². The van der Waals surface area contributed by atoms with E-state index in [4.69, 9.17) is 28.8 Å². The molecule has 0 fully saturated rings. The number of benzene rings is 6. The Hall–Kier alpha value is -6.14. The predicted molar refractivity (Wildman–Crippen MR) is 176 cm³/mol. The quantitative estimate of drug-likeness (QED) is 0.195. The molecule has 0 saturated carbocycles. The average Bonchev–Trinajstić information content (AvgIpc) is 3.65. The molecular formula is C38H20N4O2. The van der Waals surface area contributed by atoms with Gasteiger partial charge in [-0.15, -0.1) is 0 Å². The second-order valence-corrected chi connectivity index (χ2v) is 11.1. The molecule has 10 rings (SSSR count). The highest BCUT2D eigenvalue weighted by atomic mass is 16.3. The van der Waals surface area contributed by atoms with Gasteiger partial charge in [0.1, 0.15) is 33.4 Å². The number of nitrogens with zero attached hydrogens (tertiary/aromatic N) is 4. The highest BCUT2D eigenvalue weighted by Gasteiger charge is 2.17. The molecule has 0 spiro atoms. The van der Waals surface area contributed by atoms with Gasteiger partial charge in [0.25, 0.3) is 0 Å². The lowest BCUT2D eigenvalue weighted by molar-refractivity contribution is 0.668. The zero-order valence-corrected chi connectivity index (χ0v) is 23.2. The van der Waals surface area contributed by atoms with Crippen molar-refractivity contribution in [1.29, 1.82) is 0 Å². The summed E-state index contributed by atoms with van der Waals surface area (Å²) in [5.74, 6) is 1.22. The summed E-state index contributed by atoms with van der Waals surface area (Å²) in [4.78, 5) is 19.9. The summed E-state index contributed by atoms with van der Waals surface area (Å²) >= 11 is 0. The van der Waals surface area contributed by atoms with E-state index in [1.54, 1.807) is 0 Å². The lowest BCUT2D eigenvalue weighted by Crippen LogP contribution is -1.96. The highest BCUT2D eigenvalue weighted by Crippen LogP contribution is 2.37. The Morgan fingerprint density at radius 3 is 1.25 bits per heavy atom. The fraction of sp³-hybridized carbons (Fsp3) is 0. The number of furan rings is 2. The van der Waals surface area contributed by atoms with Crippen molar-refractivity contribution in [2.45, 2.75) is 0 Å². The van der Waals surface area contributed by atoms with Gasteiger partial charge in [-0.05, 0) is 47.2 Å². The summed E-state index contributed by atoms with van der Waals surface area (Å²) in [6.45, 7) is 0. The first kappa shape index (κ1) is 23.4. The molecular weight excluding hydrogens is 544 g/mol. The third kappa shape index (κ3) is 3.30. The number of rotatable bonds is 2. The van der Waals surface area contributed by atoms with E-state index in [9.17, 15) is 0 Å². The van der Waals surface area contributed by atoms with Crippen LogP contribution in [0.1, 0.15) is 0 Å². The van der Waals surface area contributed by atoms with Gasteiger partial charge in [-0.1, -0.05) is 72.8 Å². The summed E-state index contributed by atoms with van der Waals surface area (Å²) in [7, 11) is 0. The van der Waals surface area contributed by atoms with Crippen molar-refractivity contribution in [3.8, 4) is 22.8 Å². The van der Waals surface area contributed by atoms with E-state index >= 15 is 0 Å². The molecule has 0 aliphatic rings. The molecule has 0 radical (unpaired) electrons. The summed E-state index contributed by atoms with van der Waals surface area (Å²) in [5, 5.41) is 8.34. The number of para-hydroxylation sites is 2. The zero-order chi connectivity index (χ0) is 28.8. The fourth-order valence-corrected chi connectivity index (χ4v) is 6.48. The molecule has 0 bridgehead atoms. The minimum Gasteiger partial charge on any atom is -0.456 e. The minimum absolute atomic E-state index is 0.611. The molecule has 0 saturated heterocycles. The van der Waals surface area contributed by atoms with Crippen molar-refractivity contribution in [2.75, 3.05) is 0 Å². The van der Waals surface area contributed by atoms with Gasteiger partial charge in [-0.2, -0.15) is 0 Å². The normalized spacial score (nSPS) is 12.1. The molecule has 0 N–H and O–H groups in total. The topological polar surface area (TPSA) is 77.8 Å². The molecule has 0 amide bonds. The van der Waals surface area contributed by atoms with Crippen LogP contribution in [-0.4, -0.2) is 19.9 Å². The summed E-state index contributed by atoms with van der Waals surface area (Å²) in [6.07, 6.45) is 3.81. The van der Waals surface area contributed by atoms with Crippen LogP contribution in [0.15, 0.2) is 130 Å². The first-order chi connectivity index (χ1) is 21.8. The Labute approximate surface area is 249 Å². The van der Waals surface area contributed by atoms with E-state index in [-0.39, 0.29) is 0 Å². The minimum atomic E-state index is 0.611. The van der Waals surface area contributed by atoms with Crippen molar-refractivity contribution in [3.05, 3.63) is 122 Å². The first-order valence-corrected chi connectivity index (χ1v) is 14.5. The van der Waals surface area contributed by atoms with Crippen molar-refractivity contribution in [3.63, 3.8) is 0 Å². The zero-order valence-electron chi connectivity index (χ0n) is 23.2. The van der Waals surface area contributed by atoms with Crippen LogP contribution in [0.4, 0.5) is 0 Å². The molecule has 44 heavy (non-hydrogen) atoms. The van der Waals surface area contributed by atoms with Crippen LogP contribution in [-0.2, 0) is 0 Å². The van der Waals surface area contributed by atoms with E-state index in [0.717, 1.165) is 87.6 Å². The standard InChI is InChI=1S/C38H20N4O2/c1-2-8-24-23(7-1)29-19-39-37(21-13-15-27-25-9-3-5-11-31(25)43-33(27)17-21)41-35(29)36-30(24)20-40-38(42-36)22-14-16-28-26-10-4-6-12-32(26)44-34(28)18-22/h1-20H. The van der Waals surface area contributed by atoms with Crippen LogP contribution < -0.4 is 0 Å². The van der Waals surface area contributed by atoms with Gasteiger partial charge in [0.2, 0.25) is 0 Å². The monoisotopic (exact) mass is 564 g/mol. The van der Waals surface area contributed by atoms with Crippen LogP contribution >= 0.6 is 0 Å². The van der Waals surface area contributed by atoms with Gasteiger partial charge in [-0.3, -0.25) is 0 Å². The molecule has 6 aromatic carbocycles. The molecule has 0 aliphatic heterocycles. The lowest BCUT2D eigenvalue weighted by Gasteiger charge is -2.11. The SMILES string of the molecule is c1ccc2c(c1)oc1cc(-c3ncc4c5ccccc5c5cnc(-c6ccc7c(c6)oc6ccccc67)nc5c4n3)ccc12. The third-order valence-corrected chi connectivity index (χ3v) is 8.58. The maximum absolute atomic E-state index is 6.16. The summed E-state index contributed by atoms with van der Waals surface area (Å²) < 4.78 is 12.3. The second kappa shape index (κ2) is 8.69. The van der Waals surface area contributed by atoms with E-state index in [0.29, 0.717) is 11.6 Å². The largest absolute Gasteiger partial charge is 0.456 e. The van der Waals surface area contributed by atoms with Crippen LogP contribution in [0.3, 0.4) is 0 Å². The molecule has 6 nitrogen and oxygen atoms in total. The Morgan fingerprint density at radius 2 is 0.773 bits per heavy atom. The average molecular weight is 565 g/mol. The van der Waals surface area contributed by atoms with Crippen LogP contribution in [0.25, 0.3) is 99.2 Å². The summed E-state index contributed by atoms with van der Waals surface area (Å²) in [6, 6.07) is 36.7. The van der Waals surface area contributed by atoms with Crippen LogP contribution in [0.5, 0.6) is 0 Å². The fourth-order valence-electron chi connectivity index (χ4n) is 6.48. The van der Waals surface area contributed by atoms with Crippen LogP contribution in [0, 0.1) is 0 Å². The van der Waals surface area contributed by atoms with Gasteiger partial charge in [0.15, 0.2) is 11.6 Å². The van der Waals surface area contributed by atoms with Gasteiger partial charge < -0.3 is 8.83 Å². The number of hydrogen-bond acceptors (Lipinski definition) is 6. The van der Waals surface area contributed by atoms with Crippen molar-refractivity contribution >= 4 is 76.5 Å². The van der Waals surface area contributed by atoms with Crippen molar-refractivity contribution < 1.29 is 8.83 Å². The van der Waals surface area contributed by atoms with Gasteiger partial charge in [0.05, 0.1) is 0 Å². The number of aromatic nitrogens is 4. The molecule has 6 heteroatoms. The molecule has 4 heterocycles. The Balaban J connectivity index is 1.20. The van der Waals surface area contributed by atoms with Crippen molar-refractivity contribution in [2.24, 2.45) is 0 Å². The van der Waals surface area contributed by atoms with E-state index in [2.05, 4.69) is 48.5 Å². The highest BCUT2D eigenvalue weighted by molar-refractivity contribution is 6.23. The molecule has 0 unspecified atom stereocenters. The van der Waals surface area contributed by atoms with Gasteiger partial charge in [-0.25, -0.2) is 19.9 Å². The van der Waals surface area contributed by atoms with Gasteiger partial charge in [0, 0.05) is 55.8 Å². The number of hydrogen-bond donors (Lipinski definition) is 0. The van der Waals surface area contributed by atoms with E-state index in [1.807, 2.05) is 73.1 Å². The Morgan fingerprint density at radius 1 is 0.364 bits per heavy atom. The molecule has 204 valence electrons. The van der Waals surface area contributed by atoms with E-state index in [1.165, 1.54) is 0 Å². The smallest absolute Gasteiger partial charge is 0.160 e. The maximum atomic E-state index is 6.16. The predicted octanol–water partition coefficient (Wildman–Crippen LogP) is 9.86. The van der Waals surface area contributed by atoms with Gasteiger partial charge >= 0.3 is 0 Å². The van der Waals surface area contributed by atoms with Crippen LogP contribution in [0.2, 0.25) is 0 Å². The van der Waals surface area contributed by atoms with Crippen molar-refractivity contribution in [1.82, 2.24) is 19.9 Å². The molecule has 0 atom stereocenters. The molecule has 10 aromatic rings. The Bertz CT molecular complexity index is 2600. The molecule has 0 aliphatic carbocycles. The summed E-state index contributed by atoms with van der Waals surface area (Å²) in [5.41, 5.74) is 6.66. The molecule has 4 aromatic heterocycles. The first-order valence-electron chi connectivity index (χ1n) is 14.5. The Kier molecular flexibility index (Phi) is 4.63.